The Morgan fingerprint density at radius 1 is 1.22 bits per heavy atom. The molecule has 10 heteroatoms. The molecule has 0 unspecified atom stereocenters. The second kappa shape index (κ2) is 9.57. The zero-order valence-electron chi connectivity index (χ0n) is 21.8. The van der Waals surface area contributed by atoms with Crippen molar-refractivity contribution in [1.29, 1.82) is 0 Å². The molecule has 0 bridgehead atoms. The number of rotatable bonds is 5. The number of sulfonamides is 1. The summed E-state index contributed by atoms with van der Waals surface area (Å²) in [5.41, 5.74) is 1.18. The number of aromatic nitrogens is 1. The third-order valence-electron chi connectivity index (χ3n) is 6.30. The highest BCUT2D eigenvalue weighted by atomic mass is 32.2. The van der Waals surface area contributed by atoms with Crippen molar-refractivity contribution in [3.63, 3.8) is 0 Å². The molecule has 0 fully saturated rings. The molecule has 1 aliphatic heterocycles. The first kappa shape index (κ1) is 26.8. The Morgan fingerprint density at radius 3 is 2.49 bits per heavy atom. The summed E-state index contributed by atoms with van der Waals surface area (Å²) in [7, 11) is -2.45. The number of fused-ring (bicyclic) bond motifs is 2. The molecule has 0 spiro atoms. The van der Waals surface area contributed by atoms with Crippen molar-refractivity contribution in [2.75, 3.05) is 12.9 Å². The lowest BCUT2D eigenvalue weighted by atomic mass is 9.87. The summed E-state index contributed by atoms with van der Waals surface area (Å²) in [5, 5.41) is 0.866. The first-order valence-electron chi connectivity index (χ1n) is 12.0. The van der Waals surface area contributed by atoms with Gasteiger partial charge in [-0.2, -0.15) is 0 Å². The van der Waals surface area contributed by atoms with E-state index in [4.69, 9.17) is 9.47 Å². The molecule has 1 N–H and O–H groups in total. The fraction of sp³-hybridized carbons (Fsp3) is 0.407. The fourth-order valence-corrected chi connectivity index (χ4v) is 5.29. The van der Waals surface area contributed by atoms with Gasteiger partial charge < -0.3 is 14.0 Å². The first-order valence-corrected chi connectivity index (χ1v) is 13.8. The van der Waals surface area contributed by atoms with E-state index >= 15 is 4.39 Å². The third kappa shape index (κ3) is 5.26. The van der Waals surface area contributed by atoms with Crippen LogP contribution in [0, 0.1) is 12.7 Å². The predicted octanol–water partition coefficient (Wildman–Crippen LogP) is 3.91. The van der Waals surface area contributed by atoms with E-state index in [1.807, 2.05) is 11.6 Å². The van der Waals surface area contributed by atoms with Gasteiger partial charge in [0, 0.05) is 23.6 Å². The zero-order chi connectivity index (χ0) is 27.3. The molecule has 2 aromatic carbocycles. The maximum atomic E-state index is 15.4. The molecule has 3 aromatic rings. The number of halogens is 1. The van der Waals surface area contributed by atoms with Gasteiger partial charge in [0.2, 0.25) is 10.0 Å². The first-order chi connectivity index (χ1) is 17.2. The molecule has 198 valence electrons. The number of nitrogens with one attached hydrogen (secondary N) is 1. The summed E-state index contributed by atoms with van der Waals surface area (Å²) >= 11 is 0. The van der Waals surface area contributed by atoms with Gasteiger partial charge in [0.15, 0.2) is 17.7 Å². The quantitative estimate of drug-likeness (QED) is 0.537. The lowest BCUT2D eigenvalue weighted by Gasteiger charge is -2.31. The summed E-state index contributed by atoms with van der Waals surface area (Å²) in [6.07, 6.45) is 0.704. The van der Waals surface area contributed by atoms with Crippen LogP contribution in [0.2, 0.25) is 0 Å². The molecular formula is C27H31FN2O6S. The van der Waals surface area contributed by atoms with Crippen LogP contribution in [0.5, 0.6) is 5.75 Å². The maximum Gasteiger partial charge on any atom is 0.268 e. The Bertz CT molecular complexity index is 1570. The molecule has 0 saturated heterocycles. The van der Waals surface area contributed by atoms with Crippen molar-refractivity contribution in [2.45, 2.75) is 52.2 Å². The van der Waals surface area contributed by atoms with E-state index in [1.165, 1.54) is 17.7 Å². The monoisotopic (exact) mass is 530 g/mol. The molecule has 0 radical (unpaired) electrons. The number of carbonyl (C=O) groups excluding carboxylic acids is 1. The summed E-state index contributed by atoms with van der Waals surface area (Å²) in [6, 6.07) is 8.21. The van der Waals surface area contributed by atoms with E-state index in [0.29, 0.717) is 34.9 Å². The van der Waals surface area contributed by atoms with E-state index in [1.54, 1.807) is 45.0 Å². The molecule has 1 aliphatic rings. The average molecular weight is 531 g/mol. The summed E-state index contributed by atoms with van der Waals surface area (Å²) in [4.78, 5) is 26.8. The number of pyridine rings is 1. The van der Waals surface area contributed by atoms with E-state index in [2.05, 4.69) is 0 Å². The van der Waals surface area contributed by atoms with Crippen LogP contribution in [0.4, 0.5) is 4.39 Å². The molecule has 1 atom stereocenters. The molecule has 4 rings (SSSR count). The molecule has 1 amide bonds. The number of benzene rings is 2. The largest absolute Gasteiger partial charge is 0.490 e. The molecule has 37 heavy (non-hydrogen) atoms. The lowest BCUT2D eigenvalue weighted by molar-refractivity contribution is -0.142. The van der Waals surface area contributed by atoms with Gasteiger partial charge in [0.05, 0.1) is 24.2 Å². The van der Waals surface area contributed by atoms with Crippen LogP contribution in [-0.4, -0.2) is 37.4 Å². The van der Waals surface area contributed by atoms with Crippen LogP contribution >= 0.6 is 0 Å². The van der Waals surface area contributed by atoms with Crippen molar-refractivity contribution >= 4 is 26.7 Å². The lowest BCUT2D eigenvalue weighted by Crippen LogP contribution is -2.40. The standard InChI is InChI=1S/C27H31FN2O6S/c1-15-16-12-9-13-35-23(16)20(28)14-19(15)21-17-10-7-8-11-18(17)26(32)30(5)22(21)24(36-27(2,3)4)25(31)29-37(6,33)34/h7-8,10-11,14,24H,9,12-13H2,1-6H3,(H,29,31)/t24-/m0/s1. The van der Waals surface area contributed by atoms with Crippen LogP contribution in [0.15, 0.2) is 35.1 Å². The van der Waals surface area contributed by atoms with Crippen molar-refractivity contribution in [1.82, 2.24) is 9.29 Å². The number of nitrogens with zero attached hydrogens (tertiary/aromatic N) is 1. The fourth-order valence-electron chi connectivity index (χ4n) is 4.81. The number of carbonyl (C=O) groups is 1. The van der Waals surface area contributed by atoms with Crippen LogP contribution in [-0.2, 0) is 33.0 Å². The molecule has 8 nitrogen and oxygen atoms in total. The Balaban J connectivity index is 2.15. The smallest absolute Gasteiger partial charge is 0.268 e. The zero-order valence-corrected chi connectivity index (χ0v) is 22.6. The molecule has 1 aromatic heterocycles. The van der Waals surface area contributed by atoms with Gasteiger partial charge in [-0.1, -0.05) is 18.2 Å². The van der Waals surface area contributed by atoms with Crippen molar-refractivity contribution in [2.24, 2.45) is 7.05 Å². The third-order valence-corrected chi connectivity index (χ3v) is 6.87. The Hall–Kier alpha value is -3.24. The molecule has 2 heterocycles. The minimum absolute atomic E-state index is 0.124. The number of amides is 1. The van der Waals surface area contributed by atoms with E-state index in [9.17, 15) is 18.0 Å². The van der Waals surface area contributed by atoms with Crippen molar-refractivity contribution < 1.29 is 27.1 Å². The van der Waals surface area contributed by atoms with Crippen LogP contribution in [0.3, 0.4) is 0 Å². The van der Waals surface area contributed by atoms with E-state index in [-0.39, 0.29) is 11.4 Å². The van der Waals surface area contributed by atoms with E-state index in [0.717, 1.165) is 23.8 Å². The van der Waals surface area contributed by atoms with Gasteiger partial charge >= 0.3 is 0 Å². The Morgan fingerprint density at radius 2 is 1.86 bits per heavy atom. The summed E-state index contributed by atoms with van der Waals surface area (Å²) < 4.78 is 54.4. The second-order valence-electron chi connectivity index (χ2n) is 10.3. The summed E-state index contributed by atoms with van der Waals surface area (Å²) in [6.45, 7) is 7.42. The molecule has 0 aliphatic carbocycles. The van der Waals surface area contributed by atoms with Gasteiger partial charge in [-0.3, -0.25) is 14.3 Å². The topological polar surface area (TPSA) is 104 Å². The van der Waals surface area contributed by atoms with Crippen LogP contribution in [0.25, 0.3) is 21.9 Å². The SMILES string of the molecule is Cc1c(-c2c([C@H](OC(C)(C)C)C(=O)NS(C)(=O)=O)n(C)c(=O)c3ccccc23)cc(F)c2c1CCCO2. The minimum Gasteiger partial charge on any atom is -0.490 e. The molecular weight excluding hydrogens is 499 g/mol. The molecule has 0 saturated carbocycles. The van der Waals surface area contributed by atoms with Gasteiger partial charge in [0.1, 0.15) is 0 Å². The Labute approximate surface area is 215 Å². The number of ether oxygens (including phenoxy) is 2. The highest BCUT2D eigenvalue weighted by molar-refractivity contribution is 7.89. The van der Waals surface area contributed by atoms with Gasteiger partial charge in [-0.15, -0.1) is 0 Å². The van der Waals surface area contributed by atoms with Gasteiger partial charge in [-0.05, 0) is 69.2 Å². The summed E-state index contributed by atoms with van der Waals surface area (Å²) in [5.74, 6) is -1.29. The highest BCUT2D eigenvalue weighted by Gasteiger charge is 2.35. The Kier molecular flexibility index (Phi) is 6.94. The number of hydrogen-bond donors (Lipinski definition) is 1. The normalized spacial score (nSPS) is 14.7. The predicted molar refractivity (Wildman–Crippen MR) is 140 cm³/mol. The second-order valence-corrected chi connectivity index (χ2v) is 12.1. The van der Waals surface area contributed by atoms with E-state index < -0.39 is 39.0 Å². The van der Waals surface area contributed by atoms with Crippen molar-refractivity contribution in [3.8, 4) is 16.9 Å². The van der Waals surface area contributed by atoms with Crippen LogP contribution in [0.1, 0.15) is 50.1 Å². The van der Waals surface area contributed by atoms with Crippen LogP contribution < -0.4 is 15.0 Å². The van der Waals surface area contributed by atoms with Gasteiger partial charge in [-0.25, -0.2) is 12.8 Å². The van der Waals surface area contributed by atoms with Gasteiger partial charge in [0.25, 0.3) is 11.5 Å². The van der Waals surface area contributed by atoms with Crippen molar-refractivity contribution in [3.05, 3.63) is 63.3 Å². The average Bonchev–Trinajstić information content (AvgIpc) is 2.81. The maximum absolute atomic E-state index is 15.4. The minimum atomic E-state index is -3.95. The highest BCUT2D eigenvalue weighted by Crippen LogP contribution is 2.42. The number of hydrogen-bond acceptors (Lipinski definition) is 6.